The summed E-state index contributed by atoms with van der Waals surface area (Å²) in [7, 11) is 0. The van der Waals surface area contributed by atoms with Gasteiger partial charge in [-0.2, -0.15) is 0 Å². The van der Waals surface area contributed by atoms with Crippen molar-refractivity contribution in [3.8, 4) is 9.75 Å². The Morgan fingerprint density at radius 2 is 1.08 bits per heavy atom. The number of anilines is 4. The van der Waals surface area contributed by atoms with Crippen molar-refractivity contribution in [2.75, 3.05) is 22.9 Å². The highest BCUT2D eigenvalue weighted by Crippen LogP contribution is 2.42. The van der Waals surface area contributed by atoms with Crippen LogP contribution in [0.3, 0.4) is 0 Å². The Balaban J connectivity index is 1.15. The van der Waals surface area contributed by atoms with Gasteiger partial charge < -0.3 is 14.9 Å². The van der Waals surface area contributed by atoms with Crippen LogP contribution in [0.4, 0.5) is 22.7 Å². The van der Waals surface area contributed by atoms with Gasteiger partial charge in [-0.25, -0.2) is 4.79 Å². The van der Waals surface area contributed by atoms with E-state index in [0.717, 1.165) is 71.1 Å². The van der Waals surface area contributed by atoms with Gasteiger partial charge in [0.15, 0.2) is 5.78 Å². The minimum Gasteiger partial charge on any atom is -0.478 e. The molecular formula is C53H54N2O3S2. The predicted molar refractivity (Wildman–Crippen MR) is 255 cm³/mol. The van der Waals surface area contributed by atoms with Crippen molar-refractivity contribution in [1.29, 1.82) is 0 Å². The molecule has 0 saturated heterocycles. The lowest BCUT2D eigenvalue weighted by Crippen LogP contribution is -2.24. The highest BCUT2D eigenvalue weighted by molar-refractivity contribution is 7.23. The minimum atomic E-state index is -1.20. The van der Waals surface area contributed by atoms with Crippen molar-refractivity contribution in [2.45, 2.75) is 85.0 Å². The van der Waals surface area contributed by atoms with Gasteiger partial charge in [-0.15, -0.1) is 22.7 Å². The molecule has 2 aliphatic rings. The van der Waals surface area contributed by atoms with E-state index >= 15 is 0 Å². The normalized spacial score (nSPS) is 13.8. The summed E-state index contributed by atoms with van der Waals surface area (Å²) in [4.78, 5) is 32.6. The number of aryl methyl sites for hydroxylation is 4. The number of aliphatic carboxylic acids is 1. The van der Waals surface area contributed by atoms with E-state index in [1.165, 1.54) is 112 Å². The molecule has 2 aliphatic heterocycles. The topological polar surface area (TPSA) is 60.9 Å². The molecule has 6 aromatic rings. The second-order valence-corrected chi connectivity index (χ2v) is 18.3. The van der Waals surface area contributed by atoms with Crippen LogP contribution in [0.2, 0.25) is 0 Å². The van der Waals surface area contributed by atoms with Crippen LogP contribution < -0.4 is 9.80 Å². The number of rotatable bonds is 15. The minimum absolute atomic E-state index is 0.204. The van der Waals surface area contributed by atoms with Crippen LogP contribution in [-0.4, -0.2) is 29.9 Å². The number of hydrogen-bond donors (Lipinski definition) is 1. The Hall–Kier alpha value is -5.50. The Morgan fingerprint density at radius 3 is 1.52 bits per heavy atom. The Kier molecular flexibility index (Phi) is 12.9. The van der Waals surface area contributed by atoms with Gasteiger partial charge >= 0.3 is 5.97 Å². The van der Waals surface area contributed by atoms with Crippen LogP contribution in [0, 0.1) is 0 Å². The molecule has 0 atom stereocenters. The van der Waals surface area contributed by atoms with Crippen LogP contribution in [-0.2, 0) is 35.3 Å². The van der Waals surface area contributed by atoms with Crippen LogP contribution in [0.5, 0.6) is 0 Å². The first-order chi connectivity index (χ1) is 29.3. The summed E-state index contributed by atoms with van der Waals surface area (Å²) in [6.07, 6.45) is 15.2. The zero-order valence-electron chi connectivity index (χ0n) is 35.0. The molecule has 5 nitrogen and oxygen atoms in total. The summed E-state index contributed by atoms with van der Waals surface area (Å²) < 4.78 is 0. The maximum absolute atomic E-state index is 12.0. The van der Waals surface area contributed by atoms with E-state index in [1.807, 2.05) is 12.1 Å². The maximum atomic E-state index is 12.0. The Labute approximate surface area is 363 Å². The summed E-state index contributed by atoms with van der Waals surface area (Å²) in [5.74, 6) is -1.66. The third kappa shape index (κ3) is 9.28. The number of carboxylic acids is 1. The first kappa shape index (κ1) is 41.2. The second-order valence-electron chi connectivity index (χ2n) is 16.1. The summed E-state index contributed by atoms with van der Waals surface area (Å²) in [5.41, 5.74) is 14.1. The largest absolute Gasteiger partial charge is 0.478 e. The van der Waals surface area contributed by atoms with Gasteiger partial charge in [0.2, 0.25) is 0 Å². The Bertz CT molecular complexity index is 2410. The number of hydrogen-bond acceptors (Lipinski definition) is 6. The SMILES string of the molecule is CCCCc1ccc(N2CCCc3cc(C(=Cc4ccc(-c5ccc(/C=C(\C(C)=O)C(=O)O)s5)s4)c4ccc5c(c4)CCCN5c4ccc(CCCC)cc4)ccc32)cc1. The highest BCUT2D eigenvalue weighted by atomic mass is 32.1. The molecule has 0 fully saturated rings. The van der Waals surface area contributed by atoms with E-state index < -0.39 is 11.8 Å². The van der Waals surface area contributed by atoms with Gasteiger partial charge in [0.05, 0.1) is 0 Å². The first-order valence-corrected chi connectivity index (χ1v) is 23.3. The first-order valence-electron chi connectivity index (χ1n) is 21.6. The molecule has 0 amide bonds. The maximum Gasteiger partial charge on any atom is 0.339 e. The van der Waals surface area contributed by atoms with E-state index in [9.17, 15) is 14.7 Å². The zero-order valence-corrected chi connectivity index (χ0v) is 36.6. The van der Waals surface area contributed by atoms with Crippen LogP contribution in [0.25, 0.3) is 27.5 Å². The number of benzene rings is 4. The molecule has 0 radical (unpaired) electrons. The van der Waals surface area contributed by atoms with Crippen molar-refractivity contribution in [3.05, 3.63) is 158 Å². The predicted octanol–water partition coefficient (Wildman–Crippen LogP) is 14.0. The van der Waals surface area contributed by atoms with Crippen molar-refractivity contribution in [2.24, 2.45) is 0 Å². The van der Waals surface area contributed by atoms with Crippen molar-refractivity contribution < 1.29 is 14.7 Å². The number of nitrogens with zero attached hydrogens (tertiary/aromatic N) is 2. The summed E-state index contributed by atoms with van der Waals surface area (Å²) in [6.45, 7) is 7.81. The molecule has 2 aromatic heterocycles. The van der Waals surface area contributed by atoms with Crippen LogP contribution in [0.15, 0.2) is 115 Å². The molecule has 306 valence electrons. The summed E-state index contributed by atoms with van der Waals surface area (Å²) in [5, 5.41) is 9.54. The number of carboxylic acid groups (broad SMARTS) is 1. The van der Waals surface area contributed by atoms with Gasteiger partial charge in [-0.05, 0) is 182 Å². The Morgan fingerprint density at radius 1 is 0.617 bits per heavy atom. The number of thiophene rings is 2. The molecule has 0 aliphatic carbocycles. The standard InChI is InChI=1S/C53H54N2O3S2/c1-4-6-10-37-14-20-43(21-15-37)54-30-8-12-41-32-39(18-26-49(41)54)48(35-46-25-29-52(60-46)51-28-24-45(59-51)34-47(36(3)56)53(57)58)40-19-27-50-42(33-40)13-9-31-55(50)44-22-16-38(17-23-44)11-7-5-2/h14-29,32-35H,4-13,30-31H2,1-3H3,(H,57,58)/b47-34+. The van der Waals surface area contributed by atoms with Crippen LogP contribution in [0.1, 0.15) is 102 Å². The number of carbonyl (C=O) groups excluding carboxylic acids is 1. The average Bonchev–Trinajstić information content (AvgIpc) is 3.95. The van der Waals surface area contributed by atoms with Gasteiger partial charge in [0.1, 0.15) is 5.57 Å². The number of Topliss-reactive ketones (excluding diaryl/α,β-unsaturated/α-hetero) is 1. The molecule has 4 aromatic carbocycles. The third-order valence-electron chi connectivity index (χ3n) is 11.8. The molecule has 4 heterocycles. The number of ketones is 1. The third-order valence-corrected chi connectivity index (χ3v) is 14.1. The molecule has 8 rings (SSSR count). The van der Waals surface area contributed by atoms with Gasteiger partial charge in [0, 0.05) is 55.3 Å². The fraction of sp³-hybridized carbons (Fsp3) is 0.283. The molecule has 0 bridgehead atoms. The van der Waals surface area contributed by atoms with Gasteiger partial charge in [-0.1, -0.05) is 63.1 Å². The van der Waals surface area contributed by atoms with Crippen molar-refractivity contribution >= 4 is 74.9 Å². The summed E-state index contributed by atoms with van der Waals surface area (Å²) in [6, 6.07) is 40.8. The monoisotopic (exact) mass is 830 g/mol. The van der Waals surface area contributed by atoms with E-state index in [1.54, 1.807) is 11.3 Å². The molecule has 7 heteroatoms. The molecule has 0 saturated carbocycles. The van der Waals surface area contributed by atoms with E-state index in [2.05, 4.69) is 127 Å². The van der Waals surface area contributed by atoms with E-state index in [4.69, 9.17) is 0 Å². The lowest BCUT2D eigenvalue weighted by Gasteiger charge is -2.33. The lowest BCUT2D eigenvalue weighted by atomic mass is 9.90. The van der Waals surface area contributed by atoms with Gasteiger partial charge in [0.25, 0.3) is 0 Å². The quantitative estimate of drug-likeness (QED) is 0.0634. The molecule has 1 N–H and O–H groups in total. The molecule has 0 spiro atoms. The molecule has 60 heavy (non-hydrogen) atoms. The number of unbranched alkanes of at least 4 members (excludes halogenated alkanes) is 2. The molecular weight excluding hydrogens is 777 g/mol. The second kappa shape index (κ2) is 18.8. The van der Waals surface area contributed by atoms with E-state index in [-0.39, 0.29) is 5.57 Å². The molecule has 0 unspecified atom stereocenters. The van der Waals surface area contributed by atoms with Crippen molar-refractivity contribution in [1.82, 2.24) is 0 Å². The lowest BCUT2D eigenvalue weighted by molar-refractivity contribution is -0.134. The number of fused-ring (bicyclic) bond motifs is 2. The van der Waals surface area contributed by atoms with E-state index in [0.29, 0.717) is 0 Å². The fourth-order valence-corrected chi connectivity index (χ4v) is 10.6. The van der Waals surface area contributed by atoms with Crippen LogP contribution >= 0.6 is 22.7 Å². The highest BCUT2D eigenvalue weighted by Gasteiger charge is 2.23. The number of carbonyl (C=O) groups is 2. The average molecular weight is 831 g/mol. The summed E-state index contributed by atoms with van der Waals surface area (Å²) >= 11 is 3.22. The van der Waals surface area contributed by atoms with Crippen molar-refractivity contribution in [3.63, 3.8) is 0 Å². The zero-order chi connectivity index (χ0) is 41.6. The van der Waals surface area contributed by atoms with Gasteiger partial charge in [-0.3, -0.25) is 4.79 Å². The smallest absolute Gasteiger partial charge is 0.339 e. The fourth-order valence-electron chi connectivity index (χ4n) is 8.57.